The maximum absolute atomic E-state index is 7.39. The molecule has 0 bridgehead atoms. The van der Waals surface area contributed by atoms with E-state index in [9.17, 15) is 0 Å². The maximum Gasteiger partial charge on any atom is 0.176 e. The first kappa shape index (κ1) is 30.3. The van der Waals surface area contributed by atoms with Crippen LogP contribution in [-0.2, 0) is 5.41 Å². The molecule has 3 nitrogen and oxygen atoms in total. The number of pyridine rings is 2. The van der Waals surface area contributed by atoms with Gasteiger partial charge in [-0.25, -0.2) is 0 Å². The Morgan fingerprint density at radius 1 is 0.464 bits per heavy atom. The molecule has 0 fully saturated rings. The molecule has 0 atom stereocenters. The van der Waals surface area contributed by atoms with Crippen LogP contribution in [0.2, 0.25) is 0 Å². The molecule has 0 aliphatic heterocycles. The van der Waals surface area contributed by atoms with Gasteiger partial charge in [-0.15, -0.1) is 0 Å². The van der Waals surface area contributed by atoms with E-state index in [2.05, 4.69) is 193 Å². The summed E-state index contributed by atoms with van der Waals surface area (Å²) in [7, 11) is 0. The van der Waals surface area contributed by atoms with E-state index in [0.717, 1.165) is 44.8 Å². The van der Waals surface area contributed by atoms with Crippen molar-refractivity contribution < 1.29 is 4.42 Å². The highest BCUT2D eigenvalue weighted by Crippen LogP contribution is 2.54. The minimum atomic E-state index is -0.160. The third-order valence-corrected chi connectivity index (χ3v) is 12.8. The Bertz CT molecular complexity index is 3550. The first-order valence-electron chi connectivity index (χ1n) is 19.5. The summed E-state index contributed by atoms with van der Waals surface area (Å²) in [4.78, 5) is 2.46. The van der Waals surface area contributed by atoms with E-state index >= 15 is 0 Å². The van der Waals surface area contributed by atoms with E-state index in [1.54, 1.807) is 0 Å². The number of hydrogen-bond acceptors (Lipinski definition) is 2. The highest BCUT2D eigenvalue weighted by atomic mass is 16.3. The van der Waals surface area contributed by atoms with Gasteiger partial charge in [0.25, 0.3) is 0 Å². The van der Waals surface area contributed by atoms with Gasteiger partial charge in [0.15, 0.2) is 11.2 Å². The molecule has 0 saturated heterocycles. The van der Waals surface area contributed by atoms with Crippen molar-refractivity contribution >= 4 is 87.9 Å². The van der Waals surface area contributed by atoms with Gasteiger partial charge in [-0.1, -0.05) is 153 Å². The van der Waals surface area contributed by atoms with Gasteiger partial charge in [0.2, 0.25) is 0 Å². The van der Waals surface area contributed by atoms with E-state index in [-0.39, 0.29) is 5.41 Å². The Morgan fingerprint density at radius 3 is 1.95 bits per heavy atom. The fourth-order valence-electron chi connectivity index (χ4n) is 10.4. The van der Waals surface area contributed by atoms with E-state index in [4.69, 9.17) is 4.42 Å². The lowest BCUT2D eigenvalue weighted by molar-refractivity contribution is 0.656. The molecule has 3 heterocycles. The number of rotatable bonds is 4. The zero-order chi connectivity index (χ0) is 36.9. The van der Waals surface area contributed by atoms with Gasteiger partial charge >= 0.3 is 0 Å². The lowest BCUT2D eigenvalue weighted by atomic mass is 9.82. The molecule has 3 aromatic heterocycles. The van der Waals surface area contributed by atoms with Crippen LogP contribution in [0.15, 0.2) is 174 Å². The van der Waals surface area contributed by atoms with Crippen molar-refractivity contribution in [2.45, 2.75) is 19.3 Å². The average molecular weight is 715 g/mol. The SMILES string of the molecule is CC1(C)c2ccccc2-c2ccc(N(c3ccccc3-c3ccccc3)c3cc4cccc5c6cccc7c8cccc9ccc%10oc3c(c45)n(c76)c%10c98)cc21. The van der Waals surface area contributed by atoms with Crippen molar-refractivity contribution in [1.82, 2.24) is 4.40 Å². The minimum absolute atomic E-state index is 0.160. The van der Waals surface area contributed by atoms with Crippen LogP contribution in [0.5, 0.6) is 0 Å². The zero-order valence-electron chi connectivity index (χ0n) is 31.0. The van der Waals surface area contributed by atoms with Gasteiger partial charge in [0, 0.05) is 38.2 Å². The van der Waals surface area contributed by atoms with E-state index in [1.165, 1.54) is 76.4 Å². The van der Waals surface area contributed by atoms with Crippen molar-refractivity contribution in [2.75, 3.05) is 4.90 Å². The molecule has 3 heteroatoms. The highest BCUT2D eigenvalue weighted by Gasteiger charge is 2.36. The highest BCUT2D eigenvalue weighted by molar-refractivity contribution is 6.33. The molecule has 1 aliphatic rings. The first-order chi connectivity index (χ1) is 27.6. The standard InChI is InChI=1S/C53H34N2O/c1-53(2)42-23-8-6-18-36(42)37-27-26-34(30-43(37)53)54(44-24-9-7-17-35(44)31-13-4-3-5-14-31)45-29-33-16-11-20-39-41-22-12-21-40-38-19-10-15-32-25-28-46-50(47(32)38)55(49(40)41)51(48(33)39)52(45)56-46/h3-30H,1-2H3. The molecular weight excluding hydrogens is 681 g/mol. The van der Waals surface area contributed by atoms with Gasteiger partial charge < -0.3 is 13.7 Å². The van der Waals surface area contributed by atoms with E-state index < -0.39 is 0 Å². The Kier molecular flexibility index (Phi) is 5.70. The molecule has 12 aromatic rings. The largest absolute Gasteiger partial charge is 0.451 e. The van der Waals surface area contributed by atoms with Crippen LogP contribution in [0, 0.1) is 0 Å². The van der Waals surface area contributed by atoms with Crippen molar-refractivity contribution in [3.05, 3.63) is 181 Å². The molecule has 0 N–H and O–H groups in total. The van der Waals surface area contributed by atoms with Crippen LogP contribution >= 0.6 is 0 Å². The topological polar surface area (TPSA) is 20.8 Å². The van der Waals surface area contributed by atoms with Crippen molar-refractivity contribution in [3.8, 4) is 22.3 Å². The summed E-state index contributed by atoms with van der Waals surface area (Å²) in [5.74, 6) is 0. The lowest BCUT2D eigenvalue weighted by Gasteiger charge is -2.31. The fourth-order valence-corrected chi connectivity index (χ4v) is 10.4. The number of para-hydroxylation sites is 2. The van der Waals surface area contributed by atoms with E-state index in [0.29, 0.717) is 0 Å². The van der Waals surface area contributed by atoms with E-state index in [1.807, 2.05) is 0 Å². The molecule has 1 aliphatic carbocycles. The van der Waals surface area contributed by atoms with Gasteiger partial charge in [-0.3, -0.25) is 0 Å². The summed E-state index contributed by atoms with van der Waals surface area (Å²) in [6.45, 7) is 4.72. The minimum Gasteiger partial charge on any atom is -0.451 e. The summed E-state index contributed by atoms with van der Waals surface area (Å²) >= 11 is 0. The van der Waals surface area contributed by atoms with Gasteiger partial charge in [-0.2, -0.15) is 0 Å². The monoisotopic (exact) mass is 714 g/mol. The predicted molar refractivity (Wildman–Crippen MR) is 235 cm³/mol. The number of benzene rings is 9. The van der Waals surface area contributed by atoms with Crippen molar-refractivity contribution in [3.63, 3.8) is 0 Å². The second-order valence-electron chi connectivity index (χ2n) is 16.1. The van der Waals surface area contributed by atoms with Gasteiger partial charge in [-0.05, 0) is 79.7 Å². The maximum atomic E-state index is 7.39. The molecular formula is C53H34N2O. The number of anilines is 3. The fraction of sp³-hybridized carbons (Fsp3) is 0.0566. The predicted octanol–water partition coefficient (Wildman–Crippen LogP) is 14.8. The first-order valence-corrected chi connectivity index (χ1v) is 19.5. The molecule has 9 aromatic carbocycles. The van der Waals surface area contributed by atoms with Crippen LogP contribution in [0.3, 0.4) is 0 Å². The third kappa shape index (κ3) is 3.72. The summed E-state index contributed by atoms with van der Waals surface area (Å²) in [6.07, 6.45) is 0. The number of fused-ring (bicyclic) bond motifs is 5. The normalized spacial score (nSPS) is 13.7. The molecule has 262 valence electrons. The van der Waals surface area contributed by atoms with Crippen LogP contribution < -0.4 is 4.90 Å². The van der Waals surface area contributed by atoms with Crippen LogP contribution in [-0.4, -0.2) is 4.40 Å². The third-order valence-electron chi connectivity index (χ3n) is 12.8. The molecule has 0 radical (unpaired) electrons. The second-order valence-corrected chi connectivity index (χ2v) is 16.1. The van der Waals surface area contributed by atoms with Gasteiger partial charge in [0.1, 0.15) is 5.52 Å². The molecule has 0 amide bonds. The van der Waals surface area contributed by atoms with Crippen LogP contribution in [0.1, 0.15) is 25.0 Å². The summed E-state index contributed by atoms with van der Waals surface area (Å²) in [5.41, 5.74) is 15.9. The Hall–Kier alpha value is -7.10. The Morgan fingerprint density at radius 2 is 1.12 bits per heavy atom. The molecule has 0 unspecified atom stereocenters. The summed E-state index contributed by atoms with van der Waals surface area (Å²) in [5, 5.41) is 9.87. The summed E-state index contributed by atoms with van der Waals surface area (Å²) in [6, 6.07) is 62.5. The number of hydrogen-bond donors (Lipinski definition) is 0. The molecule has 56 heavy (non-hydrogen) atoms. The zero-order valence-corrected chi connectivity index (χ0v) is 31.0. The quantitative estimate of drug-likeness (QED) is 0.134. The number of aromatic nitrogens is 1. The van der Waals surface area contributed by atoms with Gasteiger partial charge in [0.05, 0.1) is 22.4 Å². The molecule has 0 spiro atoms. The molecule has 13 rings (SSSR count). The van der Waals surface area contributed by atoms with Crippen molar-refractivity contribution in [1.29, 1.82) is 0 Å². The molecule has 0 saturated carbocycles. The smallest absolute Gasteiger partial charge is 0.176 e. The Balaban J connectivity index is 1.22. The second kappa shape index (κ2) is 10.6. The summed E-state index contributed by atoms with van der Waals surface area (Å²) < 4.78 is 9.93. The van der Waals surface area contributed by atoms with Crippen LogP contribution in [0.4, 0.5) is 17.1 Å². The lowest BCUT2D eigenvalue weighted by Crippen LogP contribution is -2.17. The average Bonchev–Trinajstić information content (AvgIpc) is 3.48. The number of nitrogens with zero attached hydrogens (tertiary/aromatic N) is 2. The van der Waals surface area contributed by atoms with Crippen LogP contribution in [0.25, 0.3) is 93.1 Å². The van der Waals surface area contributed by atoms with Crippen molar-refractivity contribution in [2.24, 2.45) is 0 Å². The Labute approximate surface area is 322 Å².